The van der Waals surface area contributed by atoms with Gasteiger partial charge in [0.1, 0.15) is 6.10 Å². The first-order valence-corrected chi connectivity index (χ1v) is 22.5. The second-order valence-electron chi connectivity index (χ2n) is 15.6. The molecule has 4 heteroatoms. The standard InChI is InChI=1S/C45H88O4/c1-3-5-7-9-11-13-15-17-19-21-22-24-26-28-31-35-39-43(40-36-32-30-33-37-41-44(46)47)49-45(48)42-38-34-29-27-25-23-20-18-16-14-12-10-8-6-4-2/h43H,3-42H2,1-2H3,(H,46,47). The highest BCUT2D eigenvalue weighted by Crippen LogP contribution is 2.20. The maximum atomic E-state index is 12.7. The summed E-state index contributed by atoms with van der Waals surface area (Å²) >= 11 is 0. The van der Waals surface area contributed by atoms with E-state index in [1.54, 1.807) is 0 Å². The van der Waals surface area contributed by atoms with Crippen LogP contribution < -0.4 is 0 Å². The fraction of sp³-hybridized carbons (Fsp3) is 0.956. The van der Waals surface area contributed by atoms with Crippen LogP contribution in [0.5, 0.6) is 0 Å². The lowest BCUT2D eigenvalue weighted by Gasteiger charge is -2.18. The molecule has 0 aromatic carbocycles. The van der Waals surface area contributed by atoms with Gasteiger partial charge in [-0.2, -0.15) is 0 Å². The lowest BCUT2D eigenvalue weighted by Crippen LogP contribution is -2.18. The number of hydrogen-bond donors (Lipinski definition) is 1. The molecular weight excluding hydrogens is 604 g/mol. The fourth-order valence-electron chi connectivity index (χ4n) is 7.25. The number of esters is 1. The van der Waals surface area contributed by atoms with Crippen molar-refractivity contribution in [3.8, 4) is 0 Å². The van der Waals surface area contributed by atoms with E-state index in [-0.39, 0.29) is 18.5 Å². The third-order valence-corrected chi connectivity index (χ3v) is 10.6. The molecule has 49 heavy (non-hydrogen) atoms. The molecule has 1 N–H and O–H groups in total. The summed E-state index contributed by atoms with van der Waals surface area (Å²) in [6.07, 6.45) is 49.9. The van der Waals surface area contributed by atoms with Gasteiger partial charge in [0.05, 0.1) is 0 Å². The minimum absolute atomic E-state index is 0.0117. The molecule has 4 nitrogen and oxygen atoms in total. The van der Waals surface area contributed by atoms with Crippen LogP contribution in [-0.2, 0) is 14.3 Å². The van der Waals surface area contributed by atoms with Crippen molar-refractivity contribution in [2.45, 2.75) is 277 Å². The Morgan fingerprint density at radius 3 is 0.898 bits per heavy atom. The van der Waals surface area contributed by atoms with Crippen LogP contribution in [0.15, 0.2) is 0 Å². The van der Waals surface area contributed by atoms with Crippen molar-refractivity contribution in [2.75, 3.05) is 0 Å². The van der Waals surface area contributed by atoms with E-state index in [0.717, 1.165) is 64.2 Å². The lowest BCUT2D eigenvalue weighted by molar-refractivity contribution is -0.150. The summed E-state index contributed by atoms with van der Waals surface area (Å²) in [6.45, 7) is 4.58. The smallest absolute Gasteiger partial charge is 0.306 e. The second-order valence-corrected chi connectivity index (χ2v) is 15.6. The molecule has 0 amide bonds. The number of unbranched alkanes of at least 4 members (excludes halogenated alkanes) is 33. The van der Waals surface area contributed by atoms with Gasteiger partial charge in [-0.15, -0.1) is 0 Å². The lowest BCUT2D eigenvalue weighted by atomic mass is 10.0. The molecule has 1 atom stereocenters. The molecule has 0 aromatic rings. The minimum Gasteiger partial charge on any atom is -0.481 e. The topological polar surface area (TPSA) is 63.6 Å². The van der Waals surface area contributed by atoms with Crippen LogP contribution in [0.1, 0.15) is 271 Å². The number of carbonyl (C=O) groups is 2. The van der Waals surface area contributed by atoms with Gasteiger partial charge in [-0.25, -0.2) is 0 Å². The monoisotopic (exact) mass is 693 g/mol. The van der Waals surface area contributed by atoms with Gasteiger partial charge in [0, 0.05) is 12.8 Å². The molecule has 0 aromatic heterocycles. The number of hydrogen-bond acceptors (Lipinski definition) is 3. The number of carboxylic acid groups (broad SMARTS) is 1. The average molecular weight is 693 g/mol. The molecule has 0 aliphatic carbocycles. The molecule has 0 spiro atoms. The Morgan fingerprint density at radius 1 is 0.367 bits per heavy atom. The van der Waals surface area contributed by atoms with Gasteiger partial charge in [-0.3, -0.25) is 9.59 Å². The zero-order chi connectivity index (χ0) is 35.7. The summed E-state index contributed by atoms with van der Waals surface area (Å²) in [7, 11) is 0. The van der Waals surface area contributed by atoms with Crippen LogP contribution in [0.3, 0.4) is 0 Å². The first kappa shape index (κ1) is 47.9. The van der Waals surface area contributed by atoms with Crippen molar-refractivity contribution in [1.82, 2.24) is 0 Å². The van der Waals surface area contributed by atoms with Crippen LogP contribution in [-0.4, -0.2) is 23.1 Å². The van der Waals surface area contributed by atoms with Crippen molar-refractivity contribution in [3.05, 3.63) is 0 Å². The largest absolute Gasteiger partial charge is 0.481 e. The van der Waals surface area contributed by atoms with Gasteiger partial charge in [-0.05, 0) is 38.5 Å². The van der Waals surface area contributed by atoms with Crippen LogP contribution in [0.4, 0.5) is 0 Å². The third-order valence-electron chi connectivity index (χ3n) is 10.6. The van der Waals surface area contributed by atoms with Gasteiger partial charge in [0.2, 0.25) is 0 Å². The summed E-state index contributed by atoms with van der Waals surface area (Å²) in [5.41, 5.74) is 0. The molecule has 0 fully saturated rings. The molecule has 0 saturated carbocycles. The number of rotatable bonds is 42. The van der Waals surface area contributed by atoms with Crippen LogP contribution in [0.2, 0.25) is 0 Å². The minimum atomic E-state index is -0.695. The van der Waals surface area contributed by atoms with E-state index in [1.165, 1.54) is 180 Å². The zero-order valence-corrected chi connectivity index (χ0v) is 33.5. The number of carboxylic acids is 1. The highest BCUT2D eigenvalue weighted by molar-refractivity contribution is 5.69. The average Bonchev–Trinajstić information content (AvgIpc) is 3.09. The Balaban J connectivity index is 3.95. The van der Waals surface area contributed by atoms with Gasteiger partial charge >= 0.3 is 11.9 Å². The maximum absolute atomic E-state index is 12.7. The van der Waals surface area contributed by atoms with E-state index < -0.39 is 5.97 Å². The number of aliphatic carboxylic acids is 1. The Kier molecular flexibility index (Phi) is 40.5. The van der Waals surface area contributed by atoms with Crippen LogP contribution in [0, 0.1) is 0 Å². The molecular formula is C45H88O4. The highest BCUT2D eigenvalue weighted by Gasteiger charge is 2.14. The fourth-order valence-corrected chi connectivity index (χ4v) is 7.25. The van der Waals surface area contributed by atoms with E-state index >= 15 is 0 Å². The second kappa shape index (κ2) is 41.4. The van der Waals surface area contributed by atoms with E-state index in [9.17, 15) is 9.59 Å². The quantitative estimate of drug-likeness (QED) is 0.0511. The van der Waals surface area contributed by atoms with Crippen molar-refractivity contribution in [2.24, 2.45) is 0 Å². The number of carbonyl (C=O) groups excluding carboxylic acids is 1. The Morgan fingerprint density at radius 2 is 0.612 bits per heavy atom. The van der Waals surface area contributed by atoms with Gasteiger partial charge < -0.3 is 9.84 Å². The Labute approximate surface area is 307 Å². The van der Waals surface area contributed by atoms with E-state index in [1.807, 2.05) is 0 Å². The van der Waals surface area contributed by atoms with Crippen molar-refractivity contribution >= 4 is 11.9 Å². The molecule has 292 valence electrons. The molecule has 0 rings (SSSR count). The predicted molar refractivity (Wildman–Crippen MR) is 214 cm³/mol. The van der Waals surface area contributed by atoms with Gasteiger partial charge in [-0.1, -0.05) is 219 Å². The molecule has 0 saturated heterocycles. The maximum Gasteiger partial charge on any atom is 0.306 e. The van der Waals surface area contributed by atoms with E-state index in [2.05, 4.69) is 13.8 Å². The molecule has 0 aliphatic rings. The summed E-state index contributed by atoms with van der Waals surface area (Å²) in [5.74, 6) is -0.683. The van der Waals surface area contributed by atoms with Gasteiger partial charge in [0.25, 0.3) is 0 Å². The summed E-state index contributed by atoms with van der Waals surface area (Å²) in [4.78, 5) is 23.5. The SMILES string of the molecule is CCCCCCCCCCCCCCCCCCC(CCCCCCCC(=O)O)OC(=O)CCCCCCCCCCCCCCCCC. The summed E-state index contributed by atoms with van der Waals surface area (Å²) < 4.78 is 6.04. The number of ether oxygens (including phenoxy) is 1. The first-order valence-electron chi connectivity index (χ1n) is 22.5. The first-order chi connectivity index (χ1) is 24.1. The highest BCUT2D eigenvalue weighted by atomic mass is 16.5. The van der Waals surface area contributed by atoms with Crippen molar-refractivity contribution < 1.29 is 19.4 Å². The zero-order valence-electron chi connectivity index (χ0n) is 33.5. The molecule has 0 radical (unpaired) electrons. The van der Waals surface area contributed by atoms with Crippen LogP contribution >= 0.6 is 0 Å². The van der Waals surface area contributed by atoms with Gasteiger partial charge in [0.15, 0.2) is 0 Å². The Bertz CT molecular complexity index is 662. The molecule has 1 unspecified atom stereocenters. The predicted octanol–water partition coefficient (Wildman–Crippen LogP) is 15.6. The summed E-state index contributed by atoms with van der Waals surface area (Å²) in [5, 5.41) is 8.84. The van der Waals surface area contributed by atoms with E-state index in [0.29, 0.717) is 6.42 Å². The molecule has 0 bridgehead atoms. The molecule has 0 heterocycles. The van der Waals surface area contributed by atoms with Crippen LogP contribution in [0.25, 0.3) is 0 Å². The normalized spacial score (nSPS) is 12.0. The molecule has 0 aliphatic heterocycles. The van der Waals surface area contributed by atoms with Crippen molar-refractivity contribution in [3.63, 3.8) is 0 Å². The van der Waals surface area contributed by atoms with Crippen molar-refractivity contribution in [1.29, 1.82) is 0 Å². The summed E-state index contributed by atoms with van der Waals surface area (Å²) in [6, 6.07) is 0. The Hall–Kier alpha value is -1.06. The third kappa shape index (κ3) is 41.2. The van der Waals surface area contributed by atoms with E-state index in [4.69, 9.17) is 9.84 Å².